The van der Waals surface area contributed by atoms with E-state index in [1.54, 1.807) is 6.92 Å². The standard InChI is InChI=1S/C20H15Cl3N4O2S/c1-3-29-12-4-5-16-17(8-12)30-20(25-16)24-9-13-10(2)26-27(19(13)28)18-14(22)6-11(21)7-15(18)23/h4-9,26H,3H2,1-2H3. The highest BCUT2D eigenvalue weighted by Gasteiger charge is 2.17. The number of H-pyrrole nitrogens is 1. The van der Waals surface area contributed by atoms with Crippen LogP contribution in [0.3, 0.4) is 0 Å². The molecule has 0 bridgehead atoms. The molecule has 4 rings (SSSR count). The minimum absolute atomic E-state index is 0.260. The van der Waals surface area contributed by atoms with E-state index in [4.69, 9.17) is 39.5 Å². The highest BCUT2D eigenvalue weighted by atomic mass is 35.5. The number of ether oxygens (including phenoxy) is 1. The summed E-state index contributed by atoms with van der Waals surface area (Å²) in [6.07, 6.45) is 1.49. The zero-order valence-corrected chi connectivity index (χ0v) is 19.0. The minimum Gasteiger partial charge on any atom is -0.494 e. The second-order valence-corrected chi connectivity index (χ2v) is 8.59. The molecule has 6 nitrogen and oxygen atoms in total. The van der Waals surface area contributed by atoms with E-state index in [1.807, 2.05) is 25.1 Å². The fourth-order valence-electron chi connectivity index (χ4n) is 2.94. The number of hydrogen-bond donors (Lipinski definition) is 1. The lowest BCUT2D eigenvalue weighted by Gasteiger charge is -2.07. The average Bonchev–Trinajstić information content (AvgIpc) is 3.20. The summed E-state index contributed by atoms with van der Waals surface area (Å²) in [5.74, 6) is 0.783. The smallest absolute Gasteiger partial charge is 0.280 e. The van der Waals surface area contributed by atoms with Gasteiger partial charge in [-0.05, 0) is 44.2 Å². The van der Waals surface area contributed by atoms with Gasteiger partial charge < -0.3 is 4.74 Å². The van der Waals surface area contributed by atoms with Crippen molar-refractivity contribution < 1.29 is 4.74 Å². The van der Waals surface area contributed by atoms with Crippen molar-refractivity contribution in [2.45, 2.75) is 13.8 Å². The van der Waals surface area contributed by atoms with Crippen LogP contribution in [-0.4, -0.2) is 27.6 Å². The van der Waals surface area contributed by atoms with Gasteiger partial charge in [0.1, 0.15) is 11.4 Å². The van der Waals surface area contributed by atoms with Gasteiger partial charge in [0.05, 0.1) is 32.4 Å². The second kappa shape index (κ2) is 8.43. The first kappa shape index (κ1) is 20.9. The number of hydrogen-bond acceptors (Lipinski definition) is 5. The fourth-order valence-corrected chi connectivity index (χ4v) is 4.77. The van der Waals surface area contributed by atoms with Gasteiger partial charge in [0.15, 0.2) is 0 Å². The molecule has 0 unspecified atom stereocenters. The Balaban J connectivity index is 1.70. The molecule has 0 fully saturated rings. The van der Waals surface area contributed by atoms with Gasteiger partial charge in [-0.1, -0.05) is 46.1 Å². The molecule has 0 aliphatic rings. The summed E-state index contributed by atoms with van der Waals surface area (Å²) in [6, 6.07) is 8.73. The summed E-state index contributed by atoms with van der Waals surface area (Å²) in [5, 5.41) is 4.42. The number of aliphatic imine (C=N–C) groups is 1. The van der Waals surface area contributed by atoms with Crippen LogP contribution in [0.25, 0.3) is 15.9 Å². The quantitative estimate of drug-likeness (QED) is 0.345. The molecule has 1 N–H and O–H groups in total. The molecule has 10 heteroatoms. The zero-order chi connectivity index (χ0) is 21.4. The molecule has 2 heterocycles. The van der Waals surface area contributed by atoms with Crippen molar-refractivity contribution in [3.8, 4) is 11.4 Å². The van der Waals surface area contributed by atoms with Gasteiger partial charge in [-0.25, -0.2) is 14.7 Å². The van der Waals surface area contributed by atoms with Gasteiger partial charge in [0.25, 0.3) is 5.56 Å². The zero-order valence-electron chi connectivity index (χ0n) is 15.9. The Morgan fingerprint density at radius 1 is 1.23 bits per heavy atom. The topological polar surface area (TPSA) is 72.3 Å². The van der Waals surface area contributed by atoms with Crippen LogP contribution in [-0.2, 0) is 0 Å². The molecule has 0 saturated heterocycles. The first-order valence-corrected chi connectivity index (χ1v) is 10.9. The Morgan fingerprint density at radius 2 is 1.97 bits per heavy atom. The van der Waals surface area contributed by atoms with E-state index >= 15 is 0 Å². The molecule has 0 radical (unpaired) electrons. The normalized spacial score (nSPS) is 11.6. The highest BCUT2D eigenvalue weighted by molar-refractivity contribution is 7.22. The summed E-state index contributed by atoms with van der Waals surface area (Å²) in [6.45, 7) is 4.29. The summed E-state index contributed by atoms with van der Waals surface area (Å²) >= 11 is 19.9. The largest absolute Gasteiger partial charge is 0.494 e. The Kier molecular flexibility index (Phi) is 5.88. The second-order valence-electron chi connectivity index (χ2n) is 6.33. The molecule has 2 aromatic carbocycles. The van der Waals surface area contributed by atoms with Gasteiger partial charge in [-0.2, -0.15) is 0 Å². The number of nitrogens with one attached hydrogen (secondary N) is 1. The van der Waals surface area contributed by atoms with Gasteiger partial charge in [0.2, 0.25) is 5.13 Å². The summed E-state index contributed by atoms with van der Waals surface area (Å²) < 4.78 is 7.75. The van der Waals surface area contributed by atoms with Gasteiger partial charge in [-0.15, -0.1) is 0 Å². The fraction of sp³-hybridized carbons (Fsp3) is 0.150. The molecule has 0 atom stereocenters. The molecule has 0 amide bonds. The number of aromatic amines is 1. The van der Waals surface area contributed by atoms with Crippen molar-refractivity contribution in [3.63, 3.8) is 0 Å². The van der Waals surface area contributed by atoms with Crippen molar-refractivity contribution in [1.82, 2.24) is 14.8 Å². The van der Waals surface area contributed by atoms with Crippen LogP contribution in [0.5, 0.6) is 5.75 Å². The van der Waals surface area contributed by atoms with Crippen molar-refractivity contribution in [3.05, 3.63) is 67.0 Å². The number of aryl methyl sites for hydroxylation is 1. The van der Waals surface area contributed by atoms with Gasteiger partial charge in [0, 0.05) is 16.9 Å². The van der Waals surface area contributed by atoms with Crippen molar-refractivity contribution >= 4 is 67.7 Å². The van der Waals surface area contributed by atoms with Crippen LogP contribution >= 0.6 is 46.1 Å². The third kappa shape index (κ3) is 3.98. The Morgan fingerprint density at radius 3 is 2.67 bits per heavy atom. The van der Waals surface area contributed by atoms with Crippen molar-refractivity contribution in [2.24, 2.45) is 4.99 Å². The number of benzene rings is 2. The number of nitrogens with zero attached hydrogens (tertiary/aromatic N) is 3. The lowest BCUT2D eigenvalue weighted by molar-refractivity contribution is 0.341. The van der Waals surface area contributed by atoms with Crippen molar-refractivity contribution in [1.29, 1.82) is 0 Å². The van der Waals surface area contributed by atoms with Crippen LogP contribution in [0.15, 0.2) is 40.1 Å². The average molecular weight is 482 g/mol. The monoisotopic (exact) mass is 480 g/mol. The lowest BCUT2D eigenvalue weighted by atomic mass is 10.3. The van der Waals surface area contributed by atoms with Crippen LogP contribution in [0.2, 0.25) is 15.1 Å². The molecule has 30 heavy (non-hydrogen) atoms. The van der Waals surface area contributed by atoms with E-state index in [0.29, 0.717) is 33.7 Å². The molecule has 154 valence electrons. The number of aromatic nitrogens is 3. The molecule has 0 spiro atoms. The van der Waals surface area contributed by atoms with Crippen LogP contribution in [0, 0.1) is 6.92 Å². The van der Waals surface area contributed by atoms with Crippen molar-refractivity contribution in [2.75, 3.05) is 6.61 Å². The van der Waals surface area contributed by atoms with E-state index in [2.05, 4.69) is 15.1 Å². The molecule has 2 aromatic heterocycles. The van der Waals surface area contributed by atoms with E-state index in [1.165, 1.54) is 34.4 Å². The maximum absolute atomic E-state index is 12.9. The predicted molar refractivity (Wildman–Crippen MR) is 124 cm³/mol. The van der Waals surface area contributed by atoms with Crippen LogP contribution < -0.4 is 10.3 Å². The third-order valence-corrected chi connectivity index (χ3v) is 6.01. The summed E-state index contributed by atoms with van der Waals surface area (Å²) in [7, 11) is 0. The number of fused-ring (bicyclic) bond motifs is 1. The lowest BCUT2D eigenvalue weighted by Crippen LogP contribution is -2.18. The van der Waals surface area contributed by atoms with E-state index in [0.717, 1.165) is 16.0 Å². The number of halogens is 3. The maximum Gasteiger partial charge on any atom is 0.280 e. The van der Waals surface area contributed by atoms with Gasteiger partial charge in [-0.3, -0.25) is 9.89 Å². The van der Waals surface area contributed by atoms with Gasteiger partial charge >= 0.3 is 0 Å². The third-order valence-electron chi connectivity index (χ3n) is 4.29. The first-order chi connectivity index (χ1) is 14.4. The Labute approximate surface area is 190 Å². The Bertz CT molecular complexity index is 1320. The first-order valence-electron chi connectivity index (χ1n) is 8.91. The van der Waals surface area contributed by atoms with Crippen LogP contribution in [0.1, 0.15) is 18.2 Å². The molecule has 0 saturated carbocycles. The van der Waals surface area contributed by atoms with E-state index in [9.17, 15) is 4.79 Å². The molecular formula is C20H15Cl3N4O2S. The highest BCUT2D eigenvalue weighted by Crippen LogP contribution is 2.32. The summed E-state index contributed by atoms with van der Waals surface area (Å²) in [4.78, 5) is 21.8. The Hall–Kier alpha value is -2.32. The molecule has 0 aliphatic carbocycles. The van der Waals surface area contributed by atoms with E-state index in [-0.39, 0.29) is 15.6 Å². The number of thiazole rings is 1. The predicted octanol–water partition coefficient (Wildman–Crippen LogP) is 6.19. The SMILES string of the molecule is CCOc1ccc2nc(N=Cc3c(C)[nH]n(-c4c(Cl)cc(Cl)cc4Cl)c3=O)sc2c1. The summed E-state index contributed by atoms with van der Waals surface area (Å²) in [5.41, 5.74) is 1.82. The molecule has 4 aromatic rings. The number of rotatable bonds is 5. The minimum atomic E-state index is -0.331. The van der Waals surface area contributed by atoms with E-state index < -0.39 is 0 Å². The molecule has 0 aliphatic heterocycles. The maximum atomic E-state index is 12.9. The van der Waals surface area contributed by atoms with Crippen LogP contribution in [0.4, 0.5) is 5.13 Å². The molecular weight excluding hydrogens is 467 g/mol.